The van der Waals surface area contributed by atoms with Crippen LogP contribution >= 0.6 is 0 Å². The largest absolute Gasteiger partial charge is 0.507 e. The summed E-state index contributed by atoms with van der Waals surface area (Å²) in [6, 6.07) is 16.3. The summed E-state index contributed by atoms with van der Waals surface area (Å²) in [6.07, 6.45) is 3.67. The van der Waals surface area contributed by atoms with Crippen molar-refractivity contribution in [3.05, 3.63) is 89.1 Å². The molecule has 1 aliphatic carbocycles. The molecule has 0 unspecified atom stereocenters. The van der Waals surface area contributed by atoms with E-state index in [4.69, 9.17) is 4.74 Å². The standard InChI is InChI=1S/C37H44FN7O4/c1-22-19-45(20-23(2)40-22)21-26-8-6-10-31(34(26)46)25-7-5-9-30(16-25)49-37-32(17-27(38)18-39-37)35(47)41-28-11-13-29(14-12-28)42-36(48)33-15-24(3)44(4)43-33/h5-10,15-18,22-23,28-29,40,46H,11-14,19-21H2,1-4H3,(H,41,47)(H,42,48)/t22-,23+,28?,29?. The summed E-state index contributed by atoms with van der Waals surface area (Å²) in [5.41, 5.74) is 3.49. The summed E-state index contributed by atoms with van der Waals surface area (Å²) < 4.78 is 22.1. The number of benzene rings is 2. The second-order valence-corrected chi connectivity index (χ2v) is 13.4. The van der Waals surface area contributed by atoms with Crippen molar-refractivity contribution in [1.82, 2.24) is 35.6 Å². The number of amides is 2. The van der Waals surface area contributed by atoms with E-state index < -0.39 is 11.7 Å². The second kappa shape index (κ2) is 14.8. The third-order valence-electron chi connectivity index (χ3n) is 9.31. The van der Waals surface area contributed by atoms with E-state index in [1.807, 2.05) is 31.2 Å². The Kier molecular flexibility index (Phi) is 10.3. The van der Waals surface area contributed by atoms with E-state index in [9.17, 15) is 19.1 Å². The number of nitrogens with one attached hydrogen (secondary N) is 3. The van der Waals surface area contributed by atoms with Gasteiger partial charge in [0.05, 0.1) is 6.20 Å². The summed E-state index contributed by atoms with van der Waals surface area (Å²) in [5.74, 6) is -0.786. The molecule has 4 N–H and O–H groups in total. The Balaban J connectivity index is 1.10. The van der Waals surface area contributed by atoms with Gasteiger partial charge in [0, 0.05) is 67.7 Å². The number of halogens is 1. The normalized spacial score (nSPS) is 21.2. The number of hydrogen-bond acceptors (Lipinski definition) is 8. The number of aromatic nitrogens is 3. The Bertz CT molecular complexity index is 1790. The molecule has 2 aromatic carbocycles. The predicted molar refractivity (Wildman–Crippen MR) is 184 cm³/mol. The molecular formula is C37H44FN7O4. The Morgan fingerprint density at radius 2 is 1.65 bits per heavy atom. The lowest BCUT2D eigenvalue weighted by atomic mass is 9.91. The molecule has 12 heteroatoms. The highest BCUT2D eigenvalue weighted by Crippen LogP contribution is 2.36. The predicted octanol–water partition coefficient (Wildman–Crippen LogP) is 5.08. The van der Waals surface area contributed by atoms with Crippen molar-refractivity contribution in [1.29, 1.82) is 0 Å². The molecule has 3 heterocycles. The van der Waals surface area contributed by atoms with Crippen LogP contribution in [0.4, 0.5) is 4.39 Å². The molecule has 0 bridgehead atoms. The van der Waals surface area contributed by atoms with Crippen molar-refractivity contribution >= 4 is 11.8 Å². The number of phenols is 1. The number of ether oxygens (including phenoxy) is 1. The van der Waals surface area contributed by atoms with Crippen LogP contribution in [-0.4, -0.2) is 73.8 Å². The summed E-state index contributed by atoms with van der Waals surface area (Å²) in [4.78, 5) is 32.5. The Hall–Kier alpha value is -4.81. The van der Waals surface area contributed by atoms with Gasteiger partial charge >= 0.3 is 0 Å². The smallest absolute Gasteiger partial charge is 0.272 e. The molecule has 1 saturated carbocycles. The monoisotopic (exact) mass is 669 g/mol. The molecule has 4 aromatic rings. The number of carbonyl (C=O) groups excluding carboxylic acids is 2. The molecule has 2 amide bonds. The van der Waals surface area contributed by atoms with Gasteiger partial charge in [0.25, 0.3) is 11.8 Å². The van der Waals surface area contributed by atoms with Gasteiger partial charge in [-0.3, -0.25) is 19.2 Å². The van der Waals surface area contributed by atoms with Crippen molar-refractivity contribution in [2.75, 3.05) is 13.1 Å². The lowest BCUT2D eigenvalue weighted by molar-refractivity contribution is 0.0887. The van der Waals surface area contributed by atoms with Crippen LogP contribution < -0.4 is 20.7 Å². The van der Waals surface area contributed by atoms with Gasteiger partial charge in [-0.25, -0.2) is 9.37 Å². The van der Waals surface area contributed by atoms with Crippen LogP contribution in [0, 0.1) is 12.7 Å². The average molecular weight is 670 g/mol. The number of piperazine rings is 1. The fourth-order valence-corrected chi connectivity index (χ4v) is 6.85. The molecule has 1 saturated heterocycles. The first kappa shape index (κ1) is 34.1. The molecule has 6 rings (SSSR count). The molecule has 2 aromatic heterocycles. The molecule has 2 aliphatic rings. The van der Waals surface area contributed by atoms with Gasteiger partial charge in [0.15, 0.2) is 0 Å². The zero-order chi connectivity index (χ0) is 34.7. The minimum atomic E-state index is -0.655. The van der Waals surface area contributed by atoms with E-state index >= 15 is 0 Å². The summed E-state index contributed by atoms with van der Waals surface area (Å²) in [7, 11) is 1.79. The van der Waals surface area contributed by atoms with Gasteiger partial charge in [-0.2, -0.15) is 5.10 Å². The zero-order valence-electron chi connectivity index (χ0n) is 28.4. The first-order valence-electron chi connectivity index (χ1n) is 16.9. The van der Waals surface area contributed by atoms with Gasteiger partial charge in [-0.15, -0.1) is 0 Å². The van der Waals surface area contributed by atoms with Gasteiger partial charge in [0.1, 0.15) is 28.6 Å². The maximum Gasteiger partial charge on any atom is 0.272 e. The van der Waals surface area contributed by atoms with Crippen LogP contribution in [0.2, 0.25) is 0 Å². The third-order valence-corrected chi connectivity index (χ3v) is 9.31. The highest BCUT2D eigenvalue weighted by atomic mass is 19.1. The number of carbonyl (C=O) groups is 2. The maximum atomic E-state index is 14.4. The molecule has 2 fully saturated rings. The minimum absolute atomic E-state index is 0.0179. The van der Waals surface area contributed by atoms with E-state index in [-0.39, 0.29) is 35.2 Å². The molecule has 1 aliphatic heterocycles. The van der Waals surface area contributed by atoms with Crippen molar-refractivity contribution in [3.63, 3.8) is 0 Å². The Labute approximate surface area is 285 Å². The number of hydrogen-bond donors (Lipinski definition) is 4. The van der Waals surface area contributed by atoms with Crippen LogP contribution in [0.1, 0.15) is 71.6 Å². The summed E-state index contributed by atoms with van der Waals surface area (Å²) >= 11 is 0. The Morgan fingerprint density at radius 1 is 0.980 bits per heavy atom. The highest BCUT2D eigenvalue weighted by molar-refractivity contribution is 5.96. The quantitative estimate of drug-likeness (QED) is 0.194. The van der Waals surface area contributed by atoms with Gasteiger partial charge in [-0.05, 0) is 76.3 Å². The molecule has 11 nitrogen and oxygen atoms in total. The lowest BCUT2D eigenvalue weighted by Crippen LogP contribution is -2.53. The average Bonchev–Trinajstić information content (AvgIpc) is 3.41. The molecule has 49 heavy (non-hydrogen) atoms. The molecule has 0 radical (unpaired) electrons. The maximum absolute atomic E-state index is 14.4. The van der Waals surface area contributed by atoms with Crippen molar-refractivity contribution in [2.24, 2.45) is 7.05 Å². The molecular weight excluding hydrogens is 625 g/mol. The second-order valence-electron chi connectivity index (χ2n) is 13.4. The fraction of sp³-hybridized carbons (Fsp3) is 0.405. The third kappa shape index (κ3) is 8.26. The number of rotatable bonds is 9. The van der Waals surface area contributed by atoms with E-state index in [1.165, 1.54) is 0 Å². The summed E-state index contributed by atoms with van der Waals surface area (Å²) in [5, 5.41) is 25.1. The fourth-order valence-electron chi connectivity index (χ4n) is 6.85. The first-order valence-corrected chi connectivity index (χ1v) is 16.9. The van der Waals surface area contributed by atoms with E-state index in [2.05, 4.69) is 44.8 Å². The van der Waals surface area contributed by atoms with Crippen LogP contribution in [0.5, 0.6) is 17.4 Å². The van der Waals surface area contributed by atoms with Crippen molar-refractivity contribution in [3.8, 4) is 28.5 Å². The van der Waals surface area contributed by atoms with Gasteiger partial charge < -0.3 is 25.8 Å². The number of nitrogens with zero attached hydrogens (tertiary/aromatic N) is 4. The number of para-hydroxylation sites is 1. The van der Waals surface area contributed by atoms with Gasteiger partial charge in [0.2, 0.25) is 5.88 Å². The van der Waals surface area contributed by atoms with Gasteiger partial charge in [-0.1, -0.05) is 30.3 Å². The zero-order valence-corrected chi connectivity index (χ0v) is 28.4. The van der Waals surface area contributed by atoms with Crippen molar-refractivity contribution < 1.29 is 23.8 Å². The highest BCUT2D eigenvalue weighted by Gasteiger charge is 2.27. The number of aromatic hydroxyl groups is 1. The topological polar surface area (TPSA) is 134 Å². The first-order chi connectivity index (χ1) is 23.5. The molecule has 258 valence electrons. The minimum Gasteiger partial charge on any atom is -0.507 e. The molecule has 0 spiro atoms. The van der Waals surface area contributed by atoms with Crippen LogP contribution in [0.3, 0.4) is 0 Å². The van der Waals surface area contributed by atoms with Crippen molar-refractivity contribution in [2.45, 2.75) is 77.2 Å². The van der Waals surface area contributed by atoms with Crippen LogP contribution in [0.15, 0.2) is 60.8 Å². The van der Waals surface area contributed by atoms with E-state index in [1.54, 1.807) is 36.0 Å². The van der Waals surface area contributed by atoms with Crippen LogP contribution in [0.25, 0.3) is 11.1 Å². The number of phenolic OH excluding ortho intramolecular Hbond substituents is 1. The van der Waals surface area contributed by atoms with E-state index in [0.717, 1.165) is 42.2 Å². The lowest BCUT2D eigenvalue weighted by Gasteiger charge is -2.36. The number of aryl methyl sites for hydroxylation is 2. The van der Waals surface area contributed by atoms with Crippen LogP contribution in [-0.2, 0) is 13.6 Å². The van der Waals surface area contributed by atoms with E-state index in [0.29, 0.717) is 61.3 Å². The molecule has 2 atom stereocenters. The summed E-state index contributed by atoms with van der Waals surface area (Å²) in [6.45, 7) is 8.63. The SMILES string of the molecule is Cc1cc(C(=O)NC2CCC(NC(=O)c3cc(F)cnc3Oc3cccc(-c4cccc(CN5C[C@@H](C)N[C@@H](C)C5)c4O)c3)CC2)nn1C. The number of pyridine rings is 1. The Morgan fingerprint density at radius 3 is 2.33 bits per heavy atom.